The third-order valence-corrected chi connectivity index (χ3v) is 4.52. The molecule has 0 aliphatic carbocycles. The molecule has 122 valence electrons. The highest BCUT2D eigenvalue weighted by molar-refractivity contribution is 9.10. The molecule has 2 aromatic carbocycles. The number of halogens is 1. The van der Waals surface area contributed by atoms with Crippen molar-refractivity contribution in [3.05, 3.63) is 58.6 Å². The number of hydrogen-bond acceptors (Lipinski definition) is 4. The fraction of sp³-hybridized carbons (Fsp3) is 0.133. The van der Waals surface area contributed by atoms with E-state index in [0.717, 1.165) is 10.0 Å². The Morgan fingerprint density at radius 3 is 2.39 bits per heavy atom. The second-order valence-electron chi connectivity index (χ2n) is 4.68. The van der Waals surface area contributed by atoms with E-state index < -0.39 is 10.0 Å². The van der Waals surface area contributed by atoms with Gasteiger partial charge in [-0.3, -0.25) is 4.79 Å². The predicted molar refractivity (Wildman–Crippen MR) is 89.3 cm³/mol. The zero-order valence-corrected chi connectivity index (χ0v) is 14.4. The monoisotopic (exact) mass is 398 g/mol. The SMILES string of the molecule is NS(=O)(=O)c1ccc(CNC(=O)COc2ccccc2Br)cc1. The molecule has 0 saturated heterocycles. The first-order chi connectivity index (χ1) is 10.9. The van der Waals surface area contributed by atoms with Crippen molar-refractivity contribution >= 4 is 31.9 Å². The first kappa shape index (κ1) is 17.5. The topological polar surface area (TPSA) is 98.5 Å². The molecule has 0 heterocycles. The molecule has 3 N–H and O–H groups in total. The van der Waals surface area contributed by atoms with Gasteiger partial charge >= 0.3 is 0 Å². The Kier molecular flexibility index (Phi) is 5.75. The normalized spacial score (nSPS) is 11.0. The molecule has 0 aromatic heterocycles. The van der Waals surface area contributed by atoms with Crippen molar-refractivity contribution in [2.45, 2.75) is 11.4 Å². The van der Waals surface area contributed by atoms with E-state index in [0.29, 0.717) is 5.75 Å². The third-order valence-electron chi connectivity index (χ3n) is 2.94. The van der Waals surface area contributed by atoms with Crippen LogP contribution < -0.4 is 15.2 Å². The van der Waals surface area contributed by atoms with Crippen molar-refractivity contribution in [3.8, 4) is 5.75 Å². The molecule has 0 saturated carbocycles. The Labute approximate surface area is 142 Å². The quantitative estimate of drug-likeness (QED) is 0.774. The smallest absolute Gasteiger partial charge is 0.258 e. The van der Waals surface area contributed by atoms with Crippen molar-refractivity contribution in [2.24, 2.45) is 5.14 Å². The summed E-state index contributed by atoms with van der Waals surface area (Å²) in [6.45, 7) is 0.154. The third kappa shape index (κ3) is 5.34. The van der Waals surface area contributed by atoms with Crippen LogP contribution >= 0.6 is 15.9 Å². The van der Waals surface area contributed by atoms with Crippen LogP contribution in [0, 0.1) is 0 Å². The van der Waals surface area contributed by atoms with Crippen LogP contribution in [0.4, 0.5) is 0 Å². The number of para-hydroxylation sites is 1. The highest BCUT2D eigenvalue weighted by Crippen LogP contribution is 2.23. The number of benzene rings is 2. The van der Waals surface area contributed by atoms with Gasteiger partial charge < -0.3 is 10.1 Å². The molecule has 0 atom stereocenters. The number of carbonyl (C=O) groups excluding carboxylic acids is 1. The summed E-state index contributed by atoms with van der Waals surface area (Å²) in [5.74, 6) is 0.302. The van der Waals surface area contributed by atoms with E-state index >= 15 is 0 Å². The number of carbonyl (C=O) groups is 1. The van der Waals surface area contributed by atoms with Crippen molar-refractivity contribution in [2.75, 3.05) is 6.61 Å². The lowest BCUT2D eigenvalue weighted by atomic mass is 10.2. The molecule has 8 heteroatoms. The van der Waals surface area contributed by atoms with Gasteiger partial charge in [0.2, 0.25) is 10.0 Å². The average Bonchev–Trinajstić information content (AvgIpc) is 2.51. The van der Waals surface area contributed by atoms with E-state index in [2.05, 4.69) is 21.2 Å². The van der Waals surface area contributed by atoms with Crippen molar-refractivity contribution in [1.29, 1.82) is 0 Å². The number of hydrogen-bond donors (Lipinski definition) is 2. The molecule has 0 fully saturated rings. The minimum atomic E-state index is -3.71. The Morgan fingerprint density at radius 1 is 1.13 bits per heavy atom. The van der Waals surface area contributed by atoms with Crippen molar-refractivity contribution in [3.63, 3.8) is 0 Å². The summed E-state index contributed by atoms with van der Waals surface area (Å²) >= 11 is 3.33. The molecule has 6 nitrogen and oxygen atoms in total. The average molecular weight is 399 g/mol. The lowest BCUT2D eigenvalue weighted by Gasteiger charge is -2.09. The molecule has 1 amide bonds. The number of sulfonamides is 1. The number of nitrogens with one attached hydrogen (secondary N) is 1. The van der Waals surface area contributed by atoms with Crippen LogP contribution in [-0.2, 0) is 21.4 Å². The van der Waals surface area contributed by atoms with Crippen LogP contribution in [0.2, 0.25) is 0 Å². The Morgan fingerprint density at radius 2 is 1.78 bits per heavy atom. The molecule has 0 spiro atoms. The van der Waals surface area contributed by atoms with Gasteiger partial charge in [-0.25, -0.2) is 13.6 Å². The maximum atomic E-state index is 11.8. The van der Waals surface area contributed by atoms with E-state index in [1.54, 1.807) is 18.2 Å². The molecule has 23 heavy (non-hydrogen) atoms. The van der Waals surface area contributed by atoms with Crippen molar-refractivity contribution < 1.29 is 17.9 Å². The van der Waals surface area contributed by atoms with Crippen LogP contribution in [0.1, 0.15) is 5.56 Å². The van der Waals surface area contributed by atoms with Gasteiger partial charge in [-0.05, 0) is 45.8 Å². The summed E-state index contributed by atoms with van der Waals surface area (Å²) in [7, 11) is -3.71. The van der Waals surface area contributed by atoms with E-state index in [1.807, 2.05) is 18.2 Å². The number of rotatable bonds is 6. The molecular formula is C15H15BrN2O4S. The maximum absolute atomic E-state index is 11.8. The Hall–Kier alpha value is -1.90. The van der Waals surface area contributed by atoms with Gasteiger partial charge in [-0.15, -0.1) is 0 Å². The van der Waals surface area contributed by atoms with Crippen LogP contribution in [0.3, 0.4) is 0 Å². The molecule has 2 aromatic rings. The second-order valence-corrected chi connectivity index (χ2v) is 7.10. The largest absolute Gasteiger partial charge is 0.483 e. The highest BCUT2D eigenvalue weighted by Gasteiger charge is 2.08. The molecule has 0 unspecified atom stereocenters. The molecule has 0 bridgehead atoms. The summed E-state index contributed by atoms with van der Waals surface area (Å²) < 4.78 is 28.5. The van der Waals surface area contributed by atoms with Crippen LogP contribution in [0.25, 0.3) is 0 Å². The highest BCUT2D eigenvalue weighted by atomic mass is 79.9. The first-order valence-corrected chi connectivity index (χ1v) is 8.96. The van der Waals surface area contributed by atoms with Crippen LogP contribution in [0.5, 0.6) is 5.75 Å². The van der Waals surface area contributed by atoms with Gasteiger partial charge in [-0.2, -0.15) is 0 Å². The summed E-state index contributed by atoms with van der Waals surface area (Å²) in [6.07, 6.45) is 0. The van der Waals surface area contributed by atoms with Gasteiger partial charge in [-0.1, -0.05) is 24.3 Å². The zero-order chi connectivity index (χ0) is 16.9. The molecule has 0 radical (unpaired) electrons. The lowest BCUT2D eigenvalue weighted by molar-refractivity contribution is -0.123. The van der Waals surface area contributed by atoms with E-state index in [4.69, 9.17) is 9.88 Å². The van der Waals surface area contributed by atoms with Crippen LogP contribution in [-0.4, -0.2) is 20.9 Å². The second kappa shape index (κ2) is 7.58. The number of nitrogens with two attached hydrogens (primary N) is 1. The minimum absolute atomic E-state index is 0.0323. The summed E-state index contributed by atoms with van der Waals surface area (Å²) in [6, 6.07) is 13.2. The summed E-state index contributed by atoms with van der Waals surface area (Å²) in [5, 5.41) is 7.71. The minimum Gasteiger partial charge on any atom is -0.483 e. The number of primary sulfonamides is 1. The molecular weight excluding hydrogens is 384 g/mol. The maximum Gasteiger partial charge on any atom is 0.258 e. The lowest BCUT2D eigenvalue weighted by Crippen LogP contribution is -2.28. The van der Waals surface area contributed by atoms with Gasteiger partial charge in [0.15, 0.2) is 6.61 Å². The molecule has 0 aliphatic rings. The Bertz CT molecular complexity index is 791. The van der Waals surface area contributed by atoms with Crippen LogP contribution in [0.15, 0.2) is 57.9 Å². The first-order valence-electron chi connectivity index (χ1n) is 6.62. The van der Waals surface area contributed by atoms with Crippen molar-refractivity contribution in [1.82, 2.24) is 5.32 Å². The number of ether oxygens (including phenoxy) is 1. The van der Waals surface area contributed by atoms with Gasteiger partial charge in [0.1, 0.15) is 5.75 Å². The van der Waals surface area contributed by atoms with E-state index in [9.17, 15) is 13.2 Å². The Balaban J connectivity index is 1.84. The summed E-state index contributed by atoms with van der Waals surface area (Å²) in [4.78, 5) is 11.8. The van der Waals surface area contributed by atoms with Gasteiger partial charge in [0.25, 0.3) is 5.91 Å². The summed E-state index contributed by atoms with van der Waals surface area (Å²) in [5.41, 5.74) is 0.756. The fourth-order valence-corrected chi connectivity index (χ4v) is 2.67. The molecule has 0 aliphatic heterocycles. The predicted octanol–water partition coefficient (Wildman–Crippen LogP) is 1.79. The van der Waals surface area contributed by atoms with E-state index in [-0.39, 0.29) is 24.0 Å². The standard InChI is InChI=1S/C15H15BrN2O4S/c16-13-3-1-2-4-14(13)22-10-15(19)18-9-11-5-7-12(8-6-11)23(17,20)21/h1-8H,9-10H2,(H,18,19)(H2,17,20,21). The number of amides is 1. The molecule has 2 rings (SSSR count). The van der Waals surface area contributed by atoms with E-state index in [1.165, 1.54) is 12.1 Å². The zero-order valence-electron chi connectivity index (χ0n) is 12.0. The van der Waals surface area contributed by atoms with Gasteiger partial charge in [0.05, 0.1) is 9.37 Å². The fourth-order valence-electron chi connectivity index (χ4n) is 1.75. The van der Waals surface area contributed by atoms with Gasteiger partial charge in [0, 0.05) is 6.54 Å².